The highest BCUT2D eigenvalue weighted by Gasteiger charge is 2.37. The van der Waals surface area contributed by atoms with E-state index in [1.165, 1.54) is 18.2 Å². The number of hydrogen-bond donors (Lipinski definition) is 3. The molecule has 0 saturated carbocycles. The van der Waals surface area contributed by atoms with E-state index in [1.54, 1.807) is 30.3 Å². The molecule has 2 heterocycles. The number of nitrogens with zero attached hydrogens (tertiary/aromatic N) is 1. The standard InChI is InChI=1S/C24H20Cl2N4O5S2/c25-16-9-10-17(26)22(12-16)37(34,35)29-20(24-27-18-3-1-2-4-19(18)28-24)11-14-5-7-15(8-6-14)21-13-23(31)30-36(21,32)33/h1-10,12,20-21,29H,11,13H2,(H,27,28)(H,30,31)/t20-,21?/m0/s1. The van der Waals surface area contributed by atoms with Crippen molar-refractivity contribution in [1.29, 1.82) is 0 Å². The molecular formula is C24H20Cl2N4O5S2. The average molecular weight is 579 g/mol. The van der Waals surface area contributed by atoms with Crippen molar-refractivity contribution in [3.63, 3.8) is 0 Å². The molecular weight excluding hydrogens is 559 g/mol. The van der Waals surface area contributed by atoms with Crippen molar-refractivity contribution in [1.82, 2.24) is 19.4 Å². The monoisotopic (exact) mass is 578 g/mol. The number of amides is 1. The molecule has 1 fully saturated rings. The Labute approximate surface area is 223 Å². The molecule has 1 aromatic heterocycles. The van der Waals surface area contributed by atoms with E-state index in [4.69, 9.17) is 23.2 Å². The summed E-state index contributed by atoms with van der Waals surface area (Å²) in [6, 6.07) is 17.3. The summed E-state index contributed by atoms with van der Waals surface area (Å²) in [5, 5.41) is -0.732. The van der Waals surface area contributed by atoms with Gasteiger partial charge in [-0.25, -0.2) is 26.5 Å². The quantitative estimate of drug-likeness (QED) is 0.302. The molecule has 0 radical (unpaired) electrons. The number of carbonyl (C=O) groups is 1. The second kappa shape index (κ2) is 9.73. The fraction of sp³-hybridized carbons (Fsp3) is 0.167. The molecule has 1 aliphatic heterocycles. The number of sulfonamides is 2. The summed E-state index contributed by atoms with van der Waals surface area (Å²) >= 11 is 12.2. The number of rotatable bonds is 7. The highest BCUT2D eigenvalue weighted by atomic mass is 35.5. The lowest BCUT2D eigenvalue weighted by atomic mass is 10.0. The first-order valence-corrected chi connectivity index (χ1v) is 14.9. The van der Waals surface area contributed by atoms with Gasteiger partial charge in [-0.15, -0.1) is 0 Å². The first kappa shape index (κ1) is 25.7. The van der Waals surface area contributed by atoms with Crippen LogP contribution in [-0.4, -0.2) is 32.7 Å². The van der Waals surface area contributed by atoms with Gasteiger partial charge in [-0.1, -0.05) is 59.6 Å². The molecule has 1 saturated heterocycles. The normalized spacial score (nSPS) is 18.1. The molecule has 0 aliphatic carbocycles. The molecule has 5 rings (SSSR count). The van der Waals surface area contributed by atoms with Gasteiger partial charge in [-0.05, 0) is 47.9 Å². The molecule has 0 bridgehead atoms. The third-order valence-corrected chi connectivity index (χ3v) is 9.90. The van der Waals surface area contributed by atoms with Gasteiger partial charge < -0.3 is 4.98 Å². The fourth-order valence-corrected chi connectivity index (χ4v) is 7.61. The zero-order valence-electron chi connectivity index (χ0n) is 19.0. The van der Waals surface area contributed by atoms with E-state index in [1.807, 2.05) is 22.9 Å². The van der Waals surface area contributed by atoms with E-state index >= 15 is 0 Å². The van der Waals surface area contributed by atoms with Crippen LogP contribution >= 0.6 is 23.2 Å². The summed E-state index contributed by atoms with van der Waals surface area (Å²) in [6.07, 6.45) is 0.0373. The van der Waals surface area contributed by atoms with Crippen LogP contribution in [-0.2, 0) is 31.3 Å². The Balaban J connectivity index is 1.48. The summed E-state index contributed by atoms with van der Waals surface area (Å²) in [4.78, 5) is 19.2. The minimum atomic E-state index is -4.11. The van der Waals surface area contributed by atoms with Crippen molar-refractivity contribution < 1.29 is 21.6 Å². The van der Waals surface area contributed by atoms with Crippen LogP contribution in [0.15, 0.2) is 71.6 Å². The lowest BCUT2D eigenvalue weighted by Gasteiger charge is -2.18. The molecule has 3 aromatic carbocycles. The van der Waals surface area contributed by atoms with E-state index in [0.29, 0.717) is 22.5 Å². The third-order valence-electron chi connectivity index (χ3n) is 6.01. The molecule has 192 valence electrons. The Morgan fingerprint density at radius 3 is 2.46 bits per heavy atom. The molecule has 1 unspecified atom stereocenters. The van der Waals surface area contributed by atoms with Crippen LogP contribution in [0.3, 0.4) is 0 Å². The predicted molar refractivity (Wildman–Crippen MR) is 140 cm³/mol. The van der Waals surface area contributed by atoms with Crippen LogP contribution in [0.2, 0.25) is 10.0 Å². The van der Waals surface area contributed by atoms with E-state index in [2.05, 4.69) is 14.7 Å². The first-order chi connectivity index (χ1) is 17.5. The smallest absolute Gasteiger partial charge is 0.242 e. The number of nitrogens with one attached hydrogen (secondary N) is 3. The number of H-pyrrole nitrogens is 1. The third kappa shape index (κ3) is 5.36. The number of carbonyl (C=O) groups excluding carboxylic acids is 1. The van der Waals surface area contributed by atoms with Crippen LogP contribution in [0.1, 0.15) is 34.7 Å². The van der Waals surface area contributed by atoms with Crippen LogP contribution in [0.4, 0.5) is 0 Å². The van der Waals surface area contributed by atoms with Gasteiger partial charge in [0.1, 0.15) is 16.0 Å². The van der Waals surface area contributed by atoms with Crippen LogP contribution in [0.5, 0.6) is 0 Å². The van der Waals surface area contributed by atoms with Gasteiger partial charge in [-0.3, -0.25) is 9.52 Å². The van der Waals surface area contributed by atoms with Gasteiger partial charge in [0.2, 0.25) is 26.0 Å². The van der Waals surface area contributed by atoms with Crippen molar-refractivity contribution in [3.05, 3.63) is 93.7 Å². The number of imidazole rings is 1. The Hall–Kier alpha value is -2.96. The minimum Gasteiger partial charge on any atom is -0.341 e. The highest BCUT2D eigenvalue weighted by Crippen LogP contribution is 2.31. The molecule has 37 heavy (non-hydrogen) atoms. The Morgan fingerprint density at radius 2 is 1.78 bits per heavy atom. The lowest BCUT2D eigenvalue weighted by molar-refractivity contribution is -0.118. The zero-order valence-corrected chi connectivity index (χ0v) is 22.1. The van der Waals surface area contributed by atoms with Crippen molar-refractivity contribution in [2.75, 3.05) is 0 Å². The van der Waals surface area contributed by atoms with E-state index < -0.39 is 37.2 Å². The maximum absolute atomic E-state index is 13.3. The van der Waals surface area contributed by atoms with Gasteiger partial charge in [0.15, 0.2) is 0 Å². The Kier molecular flexibility index (Phi) is 6.75. The average Bonchev–Trinajstić information content (AvgIpc) is 3.40. The van der Waals surface area contributed by atoms with Gasteiger partial charge in [0, 0.05) is 5.02 Å². The highest BCUT2D eigenvalue weighted by molar-refractivity contribution is 7.90. The molecule has 13 heteroatoms. The lowest BCUT2D eigenvalue weighted by Crippen LogP contribution is -2.31. The molecule has 0 spiro atoms. The van der Waals surface area contributed by atoms with Crippen LogP contribution in [0.25, 0.3) is 11.0 Å². The second-order valence-electron chi connectivity index (χ2n) is 8.60. The number of halogens is 2. The summed E-state index contributed by atoms with van der Waals surface area (Å²) < 4.78 is 55.7. The SMILES string of the molecule is O=C1CC(c2ccc(C[C@H](NS(=O)(=O)c3cc(Cl)ccc3Cl)c3nc4ccccc4[nH]3)cc2)S(=O)(=O)N1. The van der Waals surface area contributed by atoms with Crippen LogP contribution < -0.4 is 9.44 Å². The maximum Gasteiger partial charge on any atom is 0.242 e. The summed E-state index contributed by atoms with van der Waals surface area (Å²) in [5.41, 5.74) is 2.58. The van der Waals surface area contributed by atoms with Crippen molar-refractivity contribution in [2.24, 2.45) is 0 Å². The fourth-order valence-electron chi connectivity index (χ4n) is 4.22. The molecule has 3 N–H and O–H groups in total. The van der Waals surface area contributed by atoms with Crippen LogP contribution in [0, 0.1) is 0 Å². The number of benzene rings is 3. The second-order valence-corrected chi connectivity index (χ2v) is 13.0. The van der Waals surface area contributed by atoms with Crippen molar-refractivity contribution in [3.8, 4) is 0 Å². The van der Waals surface area contributed by atoms with Crippen molar-refractivity contribution >= 4 is 60.2 Å². The summed E-state index contributed by atoms with van der Waals surface area (Å²) in [6.45, 7) is 0. The molecule has 2 atom stereocenters. The number of fused-ring (bicyclic) bond motifs is 1. The topological polar surface area (TPSA) is 138 Å². The Morgan fingerprint density at radius 1 is 1.05 bits per heavy atom. The maximum atomic E-state index is 13.3. The number of hydrogen-bond acceptors (Lipinski definition) is 6. The first-order valence-electron chi connectivity index (χ1n) is 11.1. The number of aromatic nitrogens is 2. The van der Waals surface area contributed by atoms with Gasteiger partial charge in [0.25, 0.3) is 0 Å². The van der Waals surface area contributed by atoms with Gasteiger partial charge in [0.05, 0.1) is 28.5 Å². The molecule has 9 nitrogen and oxygen atoms in total. The zero-order chi connectivity index (χ0) is 26.4. The van der Waals surface area contributed by atoms with Gasteiger partial charge >= 0.3 is 0 Å². The minimum absolute atomic E-state index is 0.0190. The summed E-state index contributed by atoms with van der Waals surface area (Å²) in [5.74, 6) is -0.159. The van der Waals surface area contributed by atoms with E-state index in [-0.39, 0.29) is 27.8 Å². The largest absolute Gasteiger partial charge is 0.341 e. The number of aromatic amines is 1. The van der Waals surface area contributed by atoms with Crippen molar-refractivity contribution in [2.45, 2.75) is 29.0 Å². The molecule has 1 aliphatic rings. The Bertz CT molecular complexity index is 1690. The summed E-state index contributed by atoms with van der Waals surface area (Å²) in [7, 11) is -7.89. The predicted octanol–water partition coefficient (Wildman–Crippen LogP) is 4.02. The van der Waals surface area contributed by atoms with E-state index in [0.717, 1.165) is 5.52 Å². The van der Waals surface area contributed by atoms with Gasteiger partial charge in [-0.2, -0.15) is 0 Å². The molecule has 4 aromatic rings. The number of para-hydroxylation sites is 2. The molecule has 1 amide bonds. The van der Waals surface area contributed by atoms with E-state index in [9.17, 15) is 21.6 Å².